The van der Waals surface area contributed by atoms with Crippen molar-refractivity contribution in [2.75, 3.05) is 5.75 Å². The summed E-state index contributed by atoms with van der Waals surface area (Å²) in [5.74, 6) is -0.750. The minimum absolute atomic E-state index is 0.306. The highest BCUT2D eigenvalue weighted by Gasteiger charge is 2.30. The Hall–Kier alpha value is -0.750. The van der Waals surface area contributed by atoms with E-state index >= 15 is 0 Å². The van der Waals surface area contributed by atoms with Crippen LogP contribution in [0.2, 0.25) is 0 Å². The quantitative estimate of drug-likeness (QED) is 0.798. The van der Waals surface area contributed by atoms with E-state index < -0.39 is 26.7 Å². The molecule has 2 nitrogen and oxygen atoms in total. The van der Waals surface area contributed by atoms with Crippen LogP contribution in [0.15, 0.2) is 24.3 Å². The summed E-state index contributed by atoms with van der Waals surface area (Å²) in [5, 5.41) is 0. The molecule has 0 amide bonds. The van der Waals surface area contributed by atoms with E-state index in [9.17, 15) is 21.6 Å². The molecule has 0 saturated carbocycles. The second kappa shape index (κ2) is 4.86. The Balaban J connectivity index is 2.88. The SMILES string of the molecule is CC(CS(=O)(=O)Cl)c1ccc(C(F)(F)F)cc1. The van der Waals surface area contributed by atoms with Gasteiger partial charge in [-0.3, -0.25) is 0 Å². The fraction of sp³-hybridized carbons (Fsp3) is 0.400. The third kappa shape index (κ3) is 4.55. The van der Waals surface area contributed by atoms with Crippen molar-refractivity contribution in [1.82, 2.24) is 0 Å². The third-order valence-electron chi connectivity index (χ3n) is 2.26. The molecule has 1 unspecified atom stereocenters. The molecule has 96 valence electrons. The number of alkyl halides is 3. The van der Waals surface area contributed by atoms with E-state index in [4.69, 9.17) is 10.7 Å². The molecule has 7 heteroatoms. The zero-order valence-electron chi connectivity index (χ0n) is 8.83. The van der Waals surface area contributed by atoms with Crippen LogP contribution in [-0.2, 0) is 15.2 Å². The zero-order chi connectivity index (χ0) is 13.3. The van der Waals surface area contributed by atoms with Crippen molar-refractivity contribution in [1.29, 1.82) is 0 Å². The van der Waals surface area contributed by atoms with Crippen LogP contribution in [0.4, 0.5) is 13.2 Å². The van der Waals surface area contributed by atoms with Gasteiger partial charge in [0, 0.05) is 10.7 Å². The van der Waals surface area contributed by atoms with Crippen LogP contribution in [0.5, 0.6) is 0 Å². The summed E-state index contributed by atoms with van der Waals surface area (Å²) in [6.07, 6.45) is -4.39. The van der Waals surface area contributed by atoms with E-state index in [0.29, 0.717) is 5.56 Å². The highest BCUT2D eigenvalue weighted by Crippen LogP contribution is 2.30. The molecule has 0 aliphatic rings. The molecule has 1 aromatic carbocycles. The average Bonchev–Trinajstić information content (AvgIpc) is 2.14. The molecule has 1 aromatic rings. The van der Waals surface area contributed by atoms with Crippen molar-refractivity contribution in [3.8, 4) is 0 Å². The molecule has 0 saturated heterocycles. The van der Waals surface area contributed by atoms with Gasteiger partial charge in [0.15, 0.2) is 0 Å². The maximum Gasteiger partial charge on any atom is 0.416 e. The Morgan fingerprint density at radius 3 is 2.06 bits per heavy atom. The number of halogens is 4. The third-order valence-corrected chi connectivity index (χ3v) is 3.53. The van der Waals surface area contributed by atoms with Crippen molar-refractivity contribution in [2.24, 2.45) is 0 Å². The summed E-state index contributed by atoms with van der Waals surface area (Å²) < 4.78 is 58.5. The molecule has 0 fully saturated rings. The molecule has 0 aromatic heterocycles. The molecule has 0 heterocycles. The Bertz CT molecular complexity index is 479. The lowest BCUT2D eigenvalue weighted by atomic mass is 10.0. The van der Waals surface area contributed by atoms with Gasteiger partial charge in [-0.15, -0.1) is 0 Å². The lowest BCUT2D eigenvalue weighted by molar-refractivity contribution is -0.137. The topological polar surface area (TPSA) is 34.1 Å². The van der Waals surface area contributed by atoms with E-state index in [1.165, 1.54) is 12.1 Å². The van der Waals surface area contributed by atoms with Gasteiger partial charge in [0.25, 0.3) is 0 Å². The molecule has 0 N–H and O–H groups in total. The molecule has 0 bridgehead atoms. The molecule has 0 aliphatic heterocycles. The van der Waals surface area contributed by atoms with Gasteiger partial charge in [0.05, 0.1) is 11.3 Å². The first-order chi connectivity index (χ1) is 7.59. The van der Waals surface area contributed by atoms with E-state index in [-0.39, 0.29) is 5.75 Å². The first-order valence-corrected chi connectivity index (χ1v) is 7.17. The van der Waals surface area contributed by atoms with Crippen LogP contribution in [0.1, 0.15) is 24.0 Å². The highest BCUT2D eigenvalue weighted by molar-refractivity contribution is 8.13. The van der Waals surface area contributed by atoms with Crippen LogP contribution in [-0.4, -0.2) is 14.2 Å². The minimum Gasteiger partial charge on any atom is -0.212 e. The first kappa shape index (κ1) is 14.3. The van der Waals surface area contributed by atoms with Gasteiger partial charge >= 0.3 is 6.18 Å². The molecular formula is C10H10ClF3O2S. The normalized spacial score (nSPS) is 14.6. The largest absolute Gasteiger partial charge is 0.416 e. The maximum absolute atomic E-state index is 12.3. The fourth-order valence-electron chi connectivity index (χ4n) is 1.40. The number of hydrogen-bond donors (Lipinski definition) is 0. The van der Waals surface area contributed by atoms with Crippen molar-refractivity contribution in [3.63, 3.8) is 0 Å². The van der Waals surface area contributed by atoms with Crippen molar-refractivity contribution in [3.05, 3.63) is 35.4 Å². The molecule has 0 spiro atoms. The highest BCUT2D eigenvalue weighted by atomic mass is 35.7. The van der Waals surface area contributed by atoms with Gasteiger partial charge in [-0.2, -0.15) is 13.2 Å². The van der Waals surface area contributed by atoms with E-state index in [1.807, 2.05) is 0 Å². The van der Waals surface area contributed by atoms with Crippen LogP contribution in [0, 0.1) is 0 Å². The lowest BCUT2D eigenvalue weighted by Gasteiger charge is -2.11. The second-order valence-corrected chi connectivity index (χ2v) is 6.55. The Kier molecular flexibility index (Phi) is 4.09. The summed E-state index contributed by atoms with van der Waals surface area (Å²) in [4.78, 5) is 0. The van der Waals surface area contributed by atoms with Gasteiger partial charge in [0.1, 0.15) is 0 Å². The second-order valence-electron chi connectivity index (χ2n) is 3.73. The van der Waals surface area contributed by atoms with Gasteiger partial charge in [-0.1, -0.05) is 19.1 Å². The molecule has 1 atom stereocenters. The summed E-state index contributed by atoms with van der Waals surface area (Å²) in [5.41, 5.74) is -0.260. The predicted octanol–water partition coefficient (Wildman–Crippen LogP) is 3.38. The molecular weight excluding hydrogens is 277 g/mol. The number of hydrogen-bond acceptors (Lipinski definition) is 2. The standard InChI is InChI=1S/C10H10ClF3O2S/c1-7(6-17(11,15)16)8-2-4-9(5-3-8)10(12,13)14/h2-5,7H,6H2,1H3. The lowest BCUT2D eigenvalue weighted by Crippen LogP contribution is -2.08. The Labute approximate surface area is 102 Å². The van der Waals surface area contributed by atoms with Crippen molar-refractivity contribution < 1.29 is 21.6 Å². The van der Waals surface area contributed by atoms with Crippen molar-refractivity contribution >= 4 is 19.7 Å². The molecule has 1 rings (SSSR count). The van der Waals surface area contributed by atoms with E-state index in [2.05, 4.69) is 0 Å². The van der Waals surface area contributed by atoms with E-state index in [0.717, 1.165) is 12.1 Å². The van der Waals surface area contributed by atoms with Crippen LogP contribution in [0.3, 0.4) is 0 Å². The smallest absolute Gasteiger partial charge is 0.212 e. The number of benzene rings is 1. The zero-order valence-corrected chi connectivity index (χ0v) is 10.4. The summed E-state index contributed by atoms with van der Waals surface area (Å²) in [6, 6.07) is 4.37. The molecule has 0 radical (unpaired) electrons. The molecule has 0 aliphatic carbocycles. The van der Waals surface area contributed by atoms with Gasteiger partial charge < -0.3 is 0 Å². The van der Waals surface area contributed by atoms with Crippen LogP contribution in [0.25, 0.3) is 0 Å². The summed E-state index contributed by atoms with van der Waals surface area (Å²) >= 11 is 0. The van der Waals surface area contributed by atoms with Crippen molar-refractivity contribution in [2.45, 2.75) is 19.0 Å². The first-order valence-electron chi connectivity index (χ1n) is 4.69. The fourth-order valence-corrected chi connectivity index (χ4v) is 2.75. The minimum atomic E-state index is -4.39. The van der Waals surface area contributed by atoms with E-state index in [1.54, 1.807) is 6.92 Å². The van der Waals surface area contributed by atoms with Crippen LogP contribution >= 0.6 is 10.7 Å². The average molecular weight is 287 g/mol. The monoisotopic (exact) mass is 286 g/mol. The summed E-state index contributed by atoms with van der Waals surface area (Å²) in [6.45, 7) is 1.59. The maximum atomic E-state index is 12.3. The van der Waals surface area contributed by atoms with Gasteiger partial charge in [-0.25, -0.2) is 8.42 Å². The van der Waals surface area contributed by atoms with Crippen LogP contribution < -0.4 is 0 Å². The molecule has 17 heavy (non-hydrogen) atoms. The Morgan fingerprint density at radius 2 is 1.71 bits per heavy atom. The number of rotatable bonds is 3. The predicted molar refractivity (Wildman–Crippen MR) is 59.5 cm³/mol. The Morgan fingerprint density at radius 1 is 1.24 bits per heavy atom. The summed E-state index contributed by atoms with van der Waals surface area (Å²) in [7, 11) is 1.41. The van der Waals surface area contributed by atoms with Gasteiger partial charge in [-0.05, 0) is 23.6 Å². The van der Waals surface area contributed by atoms with Gasteiger partial charge in [0.2, 0.25) is 9.05 Å².